The maximum Gasteiger partial charge on any atom is 0.204 e. The van der Waals surface area contributed by atoms with Crippen LogP contribution in [0.3, 0.4) is 0 Å². The smallest absolute Gasteiger partial charge is 0.204 e. The zero-order valence-corrected chi connectivity index (χ0v) is 13.9. The first kappa shape index (κ1) is 14.2. The number of hydrogen-bond acceptors (Lipinski definition) is 4. The van der Waals surface area contributed by atoms with Crippen LogP contribution in [0, 0.1) is 6.92 Å². The zero-order chi connectivity index (χ0) is 16.8. The van der Waals surface area contributed by atoms with Crippen LogP contribution in [-0.4, -0.2) is 26.1 Å². The molecule has 0 spiro atoms. The number of rotatable bonds is 2. The summed E-state index contributed by atoms with van der Waals surface area (Å²) in [7, 11) is 0. The SMILES string of the molecule is Cc1cccc(-c2nc3n(c2-c2ccc4ncccc4c2)CCN3)n1. The number of fused-ring (bicyclic) bond motifs is 2. The molecule has 25 heavy (non-hydrogen) atoms. The summed E-state index contributed by atoms with van der Waals surface area (Å²) in [5.74, 6) is 0.916. The molecule has 0 fully saturated rings. The van der Waals surface area contributed by atoms with Gasteiger partial charge in [0.1, 0.15) is 5.69 Å². The van der Waals surface area contributed by atoms with Gasteiger partial charge in [-0.3, -0.25) is 9.97 Å². The summed E-state index contributed by atoms with van der Waals surface area (Å²) in [4.78, 5) is 13.9. The zero-order valence-electron chi connectivity index (χ0n) is 13.9. The summed E-state index contributed by atoms with van der Waals surface area (Å²) >= 11 is 0. The van der Waals surface area contributed by atoms with Crippen molar-refractivity contribution in [1.82, 2.24) is 19.5 Å². The minimum Gasteiger partial charge on any atom is -0.354 e. The first-order chi connectivity index (χ1) is 12.3. The molecule has 0 unspecified atom stereocenters. The Balaban J connectivity index is 1.76. The van der Waals surface area contributed by atoms with Crippen molar-refractivity contribution in [3.63, 3.8) is 0 Å². The molecule has 4 heterocycles. The predicted octanol–water partition coefficient (Wildman–Crippen LogP) is 3.89. The molecule has 0 atom stereocenters. The topological polar surface area (TPSA) is 55.6 Å². The molecule has 5 heteroatoms. The van der Waals surface area contributed by atoms with Crippen molar-refractivity contribution in [2.45, 2.75) is 13.5 Å². The molecule has 5 rings (SSSR count). The lowest BCUT2D eigenvalue weighted by Gasteiger charge is -2.09. The molecular formula is C20H17N5. The van der Waals surface area contributed by atoms with Crippen molar-refractivity contribution >= 4 is 16.9 Å². The van der Waals surface area contributed by atoms with E-state index in [0.717, 1.165) is 58.3 Å². The molecular weight excluding hydrogens is 310 g/mol. The quantitative estimate of drug-likeness (QED) is 0.607. The molecule has 0 saturated heterocycles. The Hall–Kier alpha value is -3.21. The lowest BCUT2D eigenvalue weighted by Crippen LogP contribution is -1.99. The van der Waals surface area contributed by atoms with Crippen LogP contribution in [0.5, 0.6) is 0 Å². The maximum absolute atomic E-state index is 4.83. The van der Waals surface area contributed by atoms with Gasteiger partial charge >= 0.3 is 0 Å². The Kier molecular flexibility index (Phi) is 3.06. The Labute approximate surface area is 145 Å². The van der Waals surface area contributed by atoms with Crippen molar-refractivity contribution in [1.29, 1.82) is 0 Å². The molecule has 122 valence electrons. The number of aromatic nitrogens is 4. The molecule has 0 saturated carbocycles. The summed E-state index contributed by atoms with van der Waals surface area (Å²) < 4.78 is 2.25. The Morgan fingerprint density at radius 3 is 2.92 bits per heavy atom. The summed E-state index contributed by atoms with van der Waals surface area (Å²) in [5, 5.41) is 4.49. The molecule has 1 N–H and O–H groups in total. The molecule has 3 aromatic heterocycles. The van der Waals surface area contributed by atoms with Gasteiger partial charge in [0, 0.05) is 35.9 Å². The van der Waals surface area contributed by atoms with Gasteiger partial charge in [-0.25, -0.2) is 4.98 Å². The molecule has 0 bridgehead atoms. The third-order valence-corrected chi connectivity index (χ3v) is 4.59. The third-order valence-electron chi connectivity index (χ3n) is 4.59. The molecule has 0 radical (unpaired) electrons. The van der Waals surface area contributed by atoms with Gasteiger partial charge in [0.25, 0.3) is 0 Å². The summed E-state index contributed by atoms with van der Waals surface area (Å²) in [5.41, 5.74) is 6.08. The highest BCUT2D eigenvalue weighted by Gasteiger charge is 2.23. The summed E-state index contributed by atoms with van der Waals surface area (Å²) in [6, 6.07) is 16.5. The molecule has 1 aromatic carbocycles. The molecule has 0 aliphatic carbocycles. The number of hydrogen-bond donors (Lipinski definition) is 1. The van der Waals surface area contributed by atoms with Crippen molar-refractivity contribution in [2.75, 3.05) is 11.9 Å². The lowest BCUT2D eigenvalue weighted by atomic mass is 10.0. The highest BCUT2D eigenvalue weighted by molar-refractivity contribution is 5.88. The van der Waals surface area contributed by atoms with E-state index in [4.69, 9.17) is 4.98 Å². The first-order valence-electron chi connectivity index (χ1n) is 8.43. The van der Waals surface area contributed by atoms with Crippen molar-refractivity contribution in [2.24, 2.45) is 0 Å². The van der Waals surface area contributed by atoms with E-state index in [2.05, 4.69) is 44.1 Å². The largest absolute Gasteiger partial charge is 0.354 e. The van der Waals surface area contributed by atoms with Gasteiger partial charge in [-0.05, 0) is 37.3 Å². The number of anilines is 1. The Morgan fingerprint density at radius 1 is 1.04 bits per heavy atom. The van der Waals surface area contributed by atoms with Gasteiger partial charge in [0.15, 0.2) is 0 Å². The average Bonchev–Trinajstić information content (AvgIpc) is 3.22. The van der Waals surface area contributed by atoms with E-state index in [9.17, 15) is 0 Å². The fourth-order valence-electron chi connectivity index (χ4n) is 3.45. The van der Waals surface area contributed by atoms with Crippen LogP contribution in [0.2, 0.25) is 0 Å². The van der Waals surface area contributed by atoms with Crippen molar-refractivity contribution in [3.05, 3.63) is 60.4 Å². The van der Waals surface area contributed by atoms with E-state index in [1.54, 1.807) is 0 Å². The number of aryl methyl sites for hydroxylation is 1. The molecule has 5 nitrogen and oxygen atoms in total. The van der Waals surface area contributed by atoms with E-state index in [0.29, 0.717) is 0 Å². The maximum atomic E-state index is 4.83. The van der Waals surface area contributed by atoms with Gasteiger partial charge in [-0.2, -0.15) is 0 Å². The monoisotopic (exact) mass is 327 g/mol. The highest BCUT2D eigenvalue weighted by Crippen LogP contribution is 2.36. The fourth-order valence-corrected chi connectivity index (χ4v) is 3.45. The van der Waals surface area contributed by atoms with Crippen LogP contribution in [0.1, 0.15) is 5.69 Å². The number of pyridine rings is 2. The predicted molar refractivity (Wildman–Crippen MR) is 99.4 cm³/mol. The minimum absolute atomic E-state index is 0.907. The van der Waals surface area contributed by atoms with Gasteiger partial charge in [0.2, 0.25) is 5.95 Å². The number of benzene rings is 1. The molecule has 1 aliphatic rings. The fraction of sp³-hybridized carbons (Fsp3) is 0.150. The van der Waals surface area contributed by atoms with E-state index in [1.807, 2.05) is 37.4 Å². The van der Waals surface area contributed by atoms with Crippen molar-refractivity contribution in [3.8, 4) is 22.6 Å². The van der Waals surface area contributed by atoms with Gasteiger partial charge in [-0.1, -0.05) is 18.2 Å². The molecule has 0 amide bonds. The van der Waals surface area contributed by atoms with E-state index in [1.165, 1.54) is 0 Å². The Morgan fingerprint density at radius 2 is 2.00 bits per heavy atom. The highest BCUT2D eigenvalue weighted by atomic mass is 15.3. The standard InChI is InChI=1S/C20H17N5/c1-13-4-2-6-17(23-13)18-19(25-11-10-22-20(25)24-18)15-7-8-16-14(12-15)5-3-9-21-16/h2-9,12H,10-11H2,1H3,(H,22,24). The normalized spacial score (nSPS) is 13.0. The van der Waals surface area contributed by atoms with Crippen LogP contribution in [0.4, 0.5) is 5.95 Å². The minimum atomic E-state index is 0.907. The number of imidazole rings is 1. The lowest BCUT2D eigenvalue weighted by molar-refractivity contribution is 0.817. The van der Waals surface area contributed by atoms with Crippen LogP contribution in [0.25, 0.3) is 33.5 Å². The van der Waals surface area contributed by atoms with Crippen LogP contribution in [-0.2, 0) is 6.54 Å². The summed E-state index contributed by atoms with van der Waals surface area (Å²) in [6.07, 6.45) is 1.82. The molecule has 4 aromatic rings. The van der Waals surface area contributed by atoms with Gasteiger partial charge in [-0.15, -0.1) is 0 Å². The van der Waals surface area contributed by atoms with Crippen LogP contribution < -0.4 is 5.32 Å². The van der Waals surface area contributed by atoms with E-state index >= 15 is 0 Å². The van der Waals surface area contributed by atoms with Crippen LogP contribution in [0.15, 0.2) is 54.7 Å². The van der Waals surface area contributed by atoms with Gasteiger partial charge in [0.05, 0.1) is 16.9 Å². The molecule has 1 aliphatic heterocycles. The van der Waals surface area contributed by atoms with Gasteiger partial charge < -0.3 is 9.88 Å². The van der Waals surface area contributed by atoms with Crippen LogP contribution >= 0.6 is 0 Å². The number of nitrogens with one attached hydrogen (secondary N) is 1. The summed E-state index contributed by atoms with van der Waals surface area (Å²) in [6.45, 7) is 3.83. The first-order valence-corrected chi connectivity index (χ1v) is 8.43. The second-order valence-corrected chi connectivity index (χ2v) is 6.29. The van der Waals surface area contributed by atoms with E-state index in [-0.39, 0.29) is 0 Å². The second kappa shape index (κ2) is 5.41. The Bertz CT molecular complexity index is 1100. The van der Waals surface area contributed by atoms with E-state index < -0.39 is 0 Å². The third kappa shape index (κ3) is 2.28. The number of nitrogens with zero attached hydrogens (tertiary/aromatic N) is 4. The van der Waals surface area contributed by atoms with Crippen molar-refractivity contribution < 1.29 is 0 Å². The second-order valence-electron chi connectivity index (χ2n) is 6.29. The average molecular weight is 327 g/mol.